The molecule has 0 aliphatic carbocycles. The van der Waals surface area contributed by atoms with Gasteiger partial charge >= 0.3 is 0 Å². The lowest BCUT2D eigenvalue weighted by atomic mass is 10.2. The standard InChI is InChI=1S/C9H5Br2ClOS2/c10-7-2-1-5(14-7)8(13)6-3-4(12)9(11)15-6/h1-3,8,13H. The molecule has 0 bridgehead atoms. The van der Waals surface area contributed by atoms with Crippen LogP contribution >= 0.6 is 66.1 Å². The third-order valence-corrected chi connectivity index (χ3v) is 6.00. The fourth-order valence-corrected chi connectivity index (χ4v) is 4.37. The second-order valence-electron chi connectivity index (χ2n) is 2.81. The van der Waals surface area contributed by atoms with Gasteiger partial charge < -0.3 is 5.11 Å². The summed E-state index contributed by atoms with van der Waals surface area (Å²) in [4.78, 5) is 1.76. The fourth-order valence-electron chi connectivity index (χ4n) is 1.11. The Balaban J connectivity index is 2.31. The van der Waals surface area contributed by atoms with Crippen molar-refractivity contribution >= 4 is 66.1 Å². The van der Waals surface area contributed by atoms with Crippen LogP contribution in [0.25, 0.3) is 0 Å². The molecule has 2 heterocycles. The summed E-state index contributed by atoms with van der Waals surface area (Å²) in [7, 11) is 0. The van der Waals surface area contributed by atoms with Gasteiger partial charge in [-0.1, -0.05) is 11.6 Å². The van der Waals surface area contributed by atoms with Gasteiger partial charge in [0.05, 0.1) is 12.6 Å². The Kier molecular flexibility index (Phi) is 3.91. The SMILES string of the molecule is OC(c1ccc(Br)s1)c1cc(Cl)c(Br)s1. The Hall–Kier alpha value is 0.610. The van der Waals surface area contributed by atoms with E-state index in [0.717, 1.165) is 17.3 Å². The lowest BCUT2D eigenvalue weighted by Gasteiger charge is -2.04. The van der Waals surface area contributed by atoms with E-state index in [9.17, 15) is 5.11 Å². The Morgan fingerprint density at radius 3 is 2.40 bits per heavy atom. The molecule has 1 N–H and O–H groups in total. The lowest BCUT2D eigenvalue weighted by Crippen LogP contribution is -1.92. The Labute approximate surface area is 117 Å². The van der Waals surface area contributed by atoms with Crippen LogP contribution in [0.15, 0.2) is 25.8 Å². The maximum atomic E-state index is 10.1. The Morgan fingerprint density at radius 1 is 1.20 bits per heavy atom. The quantitative estimate of drug-likeness (QED) is 0.762. The molecule has 15 heavy (non-hydrogen) atoms. The molecule has 1 unspecified atom stereocenters. The van der Waals surface area contributed by atoms with Gasteiger partial charge in [-0.25, -0.2) is 0 Å². The maximum absolute atomic E-state index is 10.1. The summed E-state index contributed by atoms with van der Waals surface area (Å²) in [5.74, 6) is 0. The van der Waals surface area contributed by atoms with Crippen LogP contribution < -0.4 is 0 Å². The predicted octanol–water partition coefficient (Wildman–Crippen LogP) is 5.07. The van der Waals surface area contributed by atoms with Gasteiger partial charge in [-0.15, -0.1) is 22.7 Å². The van der Waals surface area contributed by atoms with E-state index in [1.807, 2.05) is 12.1 Å². The molecular formula is C9H5Br2ClOS2. The first-order valence-electron chi connectivity index (χ1n) is 3.96. The molecule has 0 aliphatic heterocycles. The van der Waals surface area contributed by atoms with Crippen molar-refractivity contribution in [2.45, 2.75) is 6.10 Å². The van der Waals surface area contributed by atoms with E-state index in [1.54, 1.807) is 6.07 Å². The van der Waals surface area contributed by atoms with Crippen LogP contribution in [0.3, 0.4) is 0 Å². The van der Waals surface area contributed by atoms with Crippen molar-refractivity contribution in [1.29, 1.82) is 0 Å². The van der Waals surface area contributed by atoms with Crippen molar-refractivity contribution in [3.05, 3.63) is 40.5 Å². The van der Waals surface area contributed by atoms with Gasteiger partial charge in [-0.05, 0) is 50.1 Å². The topological polar surface area (TPSA) is 20.2 Å². The fraction of sp³-hybridized carbons (Fsp3) is 0.111. The van der Waals surface area contributed by atoms with Crippen LogP contribution in [0.1, 0.15) is 15.9 Å². The van der Waals surface area contributed by atoms with Crippen molar-refractivity contribution in [3.63, 3.8) is 0 Å². The second-order valence-corrected chi connectivity index (χ2v) is 8.12. The minimum atomic E-state index is -0.588. The van der Waals surface area contributed by atoms with Crippen molar-refractivity contribution in [1.82, 2.24) is 0 Å². The van der Waals surface area contributed by atoms with E-state index < -0.39 is 6.10 Å². The predicted molar refractivity (Wildman–Crippen MR) is 73.1 cm³/mol. The second kappa shape index (κ2) is 4.85. The smallest absolute Gasteiger partial charge is 0.122 e. The molecule has 6 heteroatoms. The van der Waals surface area contributed by atoms with Gasteiger partial charge in [-0.2, -0.15) is 0 Å². The van der Waals surface area contributed by atoms with Crippen LogP contribution in [0, 0.1) is 0 Å². The van der Waals surface area contributed by atoms with Gasteiger partial charge in [0, 0.05) is 9.75 Å². The van der Waals surface area contributed by atoms with E-state index in [1.165, 1.54) is 22.7 Å². The highest BCUT2D eigenvalue weighted by Gasteiger charge is 2.16. The molecule has 0 aromatic carbocycles. The third kappa shape index (κ3) is 2.65. The molecule has 1 nitrogen and oxygen atoms in total. The number of hydrogen-bond acceptors (Lipinski definition) is 3. The van der Waals surface area contributed by atoms with E-state index >= 15 is 0 Å². The van der Waals surface area contributed by atoms with E-state index in [-0.39, 0.29) is 0 Å². The molecule has 0 saturated carbocycles. The molecule has 0 amide bonds. The summed E-state index contributed by atoms with van der Waals surface area (Å²) < 4.78 is 1.87. The monoisotopic (exact) mass is 386 g/mol. The maximum Gasteiger partial charge on any atom is 0.122 e. The molecule has 0 spiro atoms. The molecule has 2 aromatic rings. The molecular weight excluding hydrogens is 383 g/mol. The van der Waals surface area contributed by atoms with Crippen LogP contribution in [-0.2, 0) is 0 Å². The van der Waals surface area contributed by atoms with Gasteiger partial charge in [0.1, 0.15) is 6.10 Å². The van der Waals surface area contributed by atoms with E-state index in [2.05, 4.69) is 31.9 Å². The number of halogens is 3. The average molecular weight is 389 g/mol. The Morgan fingerprint density at radius 2 is 1.93 bits per heavy atom. The highest BCUT2D eigenvalue weighted by Crippen LogP contribution is 2.39. The number of hydrogen-bond donors (Lipinski definition) is 1. The highest BCUT2D eigenvalue weighted by atomic mass is 79.9. The first kappa shape index (κ1) is 12.1. The summed E-state index contributed by atoms with van der Waals surface area (Å²) >= 11 is 15.6. The minimum Gasteiger partial charge on any atom is -0.382 e. The van der Waals surface area contributed by atoms with Crippen molar-refractivity contribution < 1.29 is 5.11 Å². The largest absolute Gasteiger partial charge is 0.382 e. The summed E-state index contributed by atoms with van der Waals surface area (Å²) in [6.07, 6.45) is -0.588. The molecule has 0 fully saturated rings. The zero-order chi connectivity index (χ0) is 11.0. The molecule has 0 saturated heterocycles. The molecule has 2 aromatic heterocycles. The summed E-state index contributed by atoms with van der Waals surface area (Å²) in [5.41, 5.74) is 0. The number of thiophene rings is 2. The van der Waals surface area contributed by atoms with Gasteiger partial charge in [-0.3, -0.25) is 0 Å². The van der Waals surface area contributed by atoms with Crippen LogP contribution in [0.2, 0.25) is 5.02 Å². The third-order valence-electron chi connectivity index (χ3n) is 1.80. The first-order chi connectivity index (χ1) is 7.08. The van der Waals surface area contributed by atoms with Crippen molar-refractivity contribution in [3.8, 4) is 0 Å². The van der Waals surface area contributed by atoms with E-state index in [0.29, 0.717) is 5.02 Å². The number of aliphatic hydroxyl groups is 1. The molecule has 1 atom stereocenters. The molecule has 2 rings (SSSR count). The molecule has 0 aliphatic rings. The normalized spacial score (nSPS) is 13.1. The lowest BCUT2D eigenvalue weighted by molar-refractivity contribution is 0.228. The van der Waals surface area contributed by atoms with Crippen molar-refractivity contribution in [2.75, 3.05) is 0 Å². The number of rotatable bonds is 2. The van der Waals surface area contributed by atoms with E-state index in [4.69, 9.17) is 11.6 Å². The highest BCUT2D eigenvalue weighted by molar-refractivity contribution is 9.11. The van der Waals surface area contributed by atoms with Crippen LogP contribution in [0.5, 0.6) is 0 Å². The van der Waals surface area contributed by atoms with Crippen LogP contribution in [0.4, 0.5) is 0 Å². The summed E-state index contributed by atoms with van der Waals surface area (Å²) in [5, 5.41) is 10.7. The van der Waals surface area contributed by atoms with Crippen LogP contribution in [-0.4, -0.2) is 5.11 Å². The zero-order valence-electron chi connectivity index (χ0n) is 7.21. The number of aliphatic hydroxyl groups excluding tert-OH is 1. The average Bonchev–Trinajstić information content (AvgIpc) is 2.74. The van der Waals surface area contributed by atoms with Crippen molar-refractivity contribution in [2.24, 2.45) is 0 Å². The van der Waals surface area contributed by atoms with Gasteiger partial charge in [0.2, 0.25) is 0 Å². The van der Waals surface area contributed by atoms with Gasteiger partial charge in [0.15, 0.2) is 0 Å². The van der Waals surface area contributed by atoms with Gasteiger partial charge in [0.25, 0.3) is 0 Å². The molecule has 80 valence electrons. The Bertz CT molecular complexity index is 461. The minimum absolute atomic E-state index is 0.588. The summed E-state index contributed by atoms with van der Waals surface area (Å²) in [6, 6.07) is 5.61. The molecule has 0 radical (unpaired) electrons. The first-order valence-corrected chi connectivity index (χ1v) is 7.55. The summed E-state index contributed by atoms with van der Waals surface area (Å²) in [6.45, 7) is 0. The zero-order valence-corrected chi connectivity index (χ0v) is 12.8.